The average molecular weight is 459 g/mol. The van der Waals surface area contributed by atoms with Gasteiger partial charge in [-0.05, 0) is 29.8 Å². The molecule has 2 aromatic rings. The van der Waals surface area contributed by atoms with Gasteiger partial charge in [-0.2, -0.15) is 0 Å². The van der Waals surface area contributed by atoms with Crippen LogP contribution in [0.2, 0.25) is 0 Å². The molecule has 3 rings (SSSR count). The highest BCUT2D eigenvalue weighted by atomic mass is 79.9. The van der Waals surface area contributed by atoms with Gasteiger partial charge in [-0.25, -0.2) is 0 Å². The van der Waals surface area contributed by atoms with Gasteiger partial charge in [0, 0.05) is 24.1 Å². The molecule has 0 amide bonds. The van der Waals surface area contributed by atoms with E-state index in [9.17, 15) is 5.11 Å². The Balaban J connectivity index is 0.00000261. The third kappa shape index (κ3) is 6.36. The smallest absolute Gasteiger partial charge is 0.161 e. The molecule has 27 heavy (non-hydrogen) atoms. The van der Waals surface area contributed by atoms with E-state index < -0.39 is 6.10 Å². The molecule has 0 bridgehead atoms. The van der Waals surface area contributed by atoms with Crippen LogP contribution < -0.4 is 9.47 Å². The van der Waals surface area contributed by atoms with Crippen LogP contribution in [0.15, 0.2) is 53.0 Å². The second-order valence-electron chi connectivity index (χ2n) is 6.29. The Morgan fingerprint density at radius 1 is 1.19 bits per heavy atom. The zero-order valence-corrected chi connectivity index (χ0v) is 17.6. The number of rotatable bonds is 7. The van der Waals surface area contributed by atoms with E-state index in [1.165, 1.54) is 0 Å². The van der Waals surface area contributed by atoms with Crippen molar-refractivity contribution in [1.29, 1.82) is 0 Å². The van der Waals surface area contributed by atoms with Crippen molar-refractivity contribution < 1.29 is 19.3 Å². The highest BCUT2D eigenvalue weighted by molar-refractivity contribution is 9.10. The van der Waals surface area contributed by atoms with E-state index in [0.717, 1.165) is 23.1 Å². The van der Waals surface area contributed by atoms with Crippen LogP contribution in [0.3, 0.4) is 0 Å². The minimum Gasteiger partial charge on any atom is -0.493 e. The molecule has 1 heterocycles. The van der Waals surface area contributed by atoms with Gasteiger partial charge in [0.05, 0.1) is 19.8 Å². The number of ether oxygens (including phenoxy) is 3. The first kappa shape index (κ1) is 22.0. The molecule has 2 atom stereocenters. The summed E-state index contributed by atoms with van der Waals surface area (Å²) in [5.74, 6) is 1.31. The fourth-order valence-electron chi connectivity index (χ4n) is 3.02. The van der Waals surface area contributed by atoms with Crippen molar-refractivity contribution in [3.63, 3.8) is 0 Å². The summed E-state index contributed by atoms with van der Waals surface area (Å²) in [6.45, 7) is 2.99. The first-order valence-electron chi connectivity index (χ1n) is 8.69. The van der Waals surface area contributed by atoms with Crippen molar-refractivity contribution >= 4 is 28.3 Å². The van der Waals surface area contributed by atoms with Crippen molar-refractivity contribution in [3.05, 3.63) is 58.6 Å². The third-order valence-electron chi connectivity index (χ3n) is 4.36. The van der Waals surface area contributed by atoms with Gasteiger partial charge in [0.1, 0.15) is 12.7 Å². The summed E-state index contributed by atoms with van der Waals surface area (Å²) in [4.78, 5) is 2.21. The Labute approximate surface area is 174 Å². The quantitative estimate of drug-likeness (QED) is 0.686. The maximum absolute atomic E-state index is 10.4. The number of β-amino-alcohol motifs (C(OH)–C–C–N with tert-alkyl or cyclic N) is 1. The highest BCUT2D eigenvalue weighted by Crippen LogP contribution is 2.26. The number of halogens is 2. The molecule has 0 aliphatic carbocycles. The molecule has 0 aromatic heterocycles. The number of aliphatic hydroxyl groups excluding tert-OH is 1. The van der Waals surface area contributed by atoms with Gasteiger partial charge in [-0.3, -0.25) is 4.90 Å². The van der Waals surface area contributed by atoms with E-state index in [0.29, 0.717) is 24.7 Å². The largest absolute Gasteiger partial charge is 0.493 e. The number of methoxy groups -OCH3 is 1. The monoisotopic (exact) mass is 457 g/mol. The maximum atomic E-state index is 10.4. The summed E-state index contributed by atoms with van der Waals surface area (Å²) in [5.41, 5.74) is 1.15. The fraction of sp³-hybridized carbons (Fsp3) is 0.400. The molecule has 7 heteroatoms. The van der Waals surface area contributed by atoms with Gasteiger partial charge in [0.15, 0.2) is 11.5 Å². The minimum absolute atomic E-state index is 0. The van der Waals surface area contributed by atoms with Crippen LogP contribution in [-0.4, -0.2) is 56.1 Å². The van der Waals surface area contributed by atoms with Crippen LogP contribution in [0.4, 0.5) is 0 Å². The molecule has 2 unspecified atom stereocenters. The van der Waals surface area contributed by atoms with Crippen LogP contribution in [0.1, 0.15) is 11.7 Å². The number of aliphatic hydroxyl groups is 1. The van der Waals surface area contributed by atoms with Crippen LogP contribution in [-0.2, 0) is 4.74 Å². The molecular weight excluding hydrogens is 434 g/mol. The van der Waals surface area contributed by atoms with Gasteiger partial charge in [0.25, 0.3) is 0 Å². The Morgan fingerprint density at radius 2 is 1.89 bits per heavy atom. The number of nitrogens with zero attached hydrogens (tertiary/aromatic N) is 1. The number of morpholine rings is 1. The molecule has 148 valence electrons. The zero-order valence-electron chi connectivity index (χ0n) is 15.2. The van der Waals surface area contributed by atoms with E-state index >= 15 is 0 Å². The summed E-state index contributed by atoms with van der Waals surface area (Å²) >= 11 is 3.45. The lowest BCUT2D eigenvalue weighted by Crippen LogP contribution is -2.43. The average Bonchev–Trinajstić information content (AvgIpc) is 2.67. The third-order valence-corrected chi connectivity index (χ3v) is 4.89. The van der Waals surface area contributed by atoms with Crippen LogP contribution in [0.25, 0.3) is 0 Å². The van der Waals surface area contributed by atoms with Crippen molar-refractivity contribution in [2.75, 3.05) is 40.0 Å². The first-order valence-corrected chi connectivity index (χ1v) is 9.48. The minimum atomic E-state index is -0.580. The summed E-state index contributed by atoms with van der Waals surface area (Å²) in [7, 11) is 1.61. The number of benzene rings is 2. The van der Waals surface area contributed by atoms with Gasteiger partial charge in [-0.1, -0.05) is 40.2 Å². The molecule has 1 aliphatic heterocycles. The predicted molar refractivity (Wildman–Crippen MR) is 111 cm³/mol. The zero-order chi connectivity index (χ0) is 18.4. The van der Waals surface area contributed by atoms with E-state index in [2.05, 4.69) is 33.0 Å². The molecule has 1 saturated heterocycles. The van der Waals surface area contributed by atoms with Gasteiger partial charge in [-0.15, -0.1) is 12.4 Å². The summed E-state index contributed by atoms with van der Waals surface area (Å²) in [6.07, 6.45) is -0.553. The SMILES string of the molecule is COc1ccccc1OCC(O)CN1CCOC(c2ccc(Br)cc2)C1.Cl. The molecule has 1 N–H and O–H groups in total. The number of para-hydroxylation sites is 2. The second-order valence-corrected chi connectivity index (χ2v) is 7.20. The number of hydrogen-bond donors (Lipinski definition) is 1. The Bertz CT molecular complexity index is 701. The van der Waals surface area contributed by atoms with Crippen molar-refractivity contribution in [2.24, 2.45) is 0 Å². The van der Waals surface area contributed by atoms with Gasteiger partial charge >= 0.3 is 0 Å². The summed E-state index contributed by atoms with van der Waals surface area (Å²) in [5, 5.41) is 10.4. The molecule has 1 fully saturated rings. The number of hydrogen-bond acceptors (Lipinski definition) is 5. The van der Waals surface area contributed by atoms with Gasteiger partial charge < -0.3 is 19.3 Å². The molecule has 0 radical (unpaired) electrons. The Morgan fingerprint density at radius 3 is 2.59 bits per heavy atom. The van der Waals surface area contributed by atoms with Crippen molar-refractivity contribution in [2.45, 2.75) is 12.2 Å². The topological polar surface area (TPSA) is 51.2 Å². The highest BCUT2D eigenvalue weighted by Gasteiger charge is 2.23. The van der Waals surface area contributed by atoms with Crippen molar-refractivity contribution in [3.8, 4) is 11.5 Å². The Hall–Kier alpha value is -1.31. The van der Waals surface area contributed by atoms with Crippen LogP contribution in [0.5, 0.6) is 11.5 Å². The molecule has 0 spiro atoms. The summed E-state index contributed by atoms with van der Waals surface area (Å²) < 4.78 is 17.9. The molecule has 2 aromatic carbocycles. The molecule has 5 nitrogen and oxygen atoms in total. The lowest BCUT2D eigenvalue weighted by Gasteiger charge is -2.34. The molecular formula is C20H25BrClNO4. The fourth-order valence-corrected chi connectivity index (χ4v) is 3.29. The summed E-state index contributed by atoms with van der Waals surface area (Å²) in [6, 6.07) is 15.6. The van der Waals surface area contributed by atoms with Crippen LogP contribution >= 0.6 is 28.3 Å². The van der Waals surface area contributed by atoms with Gasteiger partial charge in [0.2, 0.25) is 0 Å². The Kier molecular flexibility index (Phi) is 8.86. The lowest BCUT2D eigenvalue weighted by molar-refractivity contribution is -0.0460. The second kappa shape index (κ2) is 10.9. The predicted octanol–water partition coefficient (Wildman–Crippen LogP) is 3.69. The van der Waals surface area contributed by atoms with E-state index in [1.54, 1.807) is 7.11 Å². The maximum Gasteiger partial charge on any atom is 0.161 e. The lowest BCUT2D eigenvalue weighted by atomic mass is 10.1. The van der Waals surface area contributed by atoms with Crippen molar-refractivity contribution in [1.82, 2.24) is 4.90 Å². The van der Waals surface area contributed by atoms with E-state index in [1.807, 2.05) is 36.4 Å². The standard InChI is InChI=1S/C20H24BrNO4.ClH/c1-24-18-4-2-3-5-19(18)26-14-17(23)12-22-10-11-25-20(13-22)15-6-8-16(21)9-7-15;/h2-9,17,20,23H,10-14H2,1H3;1H. The van der Waals surface area contributed by atoms with E-state index in [-0.39, 0.29) is 25.1 Å². The van der Waals surface area contributed by atoms with Crippen LogP contribution in [0, 0.1) is 0 Å². The molecule has 1 aliphatic rings. The normalized spacial score (nSPS) is 18.4. The molecule has 0 saturated carbocycles. The first-order chi connectivity index (χ1) is 12.7. The van der Waals surface area contributed by atoms with E-state index in [4.69, 9.17) is 14.2 Å².